The minimum absolute atomic E-state index is 0.260. The number of allylic oxidation sites excluding steroid dienone is 2. The van der Waals surface area contributed by atoms with Gasteiger partial charge in [-0.2, -0.15) is 0 Å². The number of oxime groups is 1. The van der Waals surface area contributed by atoms with Crippen LogP contribution in [0.3, 0.4) is 0 Å². The summed E-state index contributed by atoms with van der Waals surface area (Å²) in [6.45, 7) is 2.84. The fourth-order valence-corrected chi connectivity index (χ4v) is 3.88. The third-order valence-electron chi connectivity index (χ3n) is 4.81. The summed E-state index contributed by atoms with van der Waals surface area (Å²) in [5, 5.41) is 3.84. The smallest absolute Gasteiger partial charge is 0.123 e. The molecule has 0 heterocycles. The Bertz CT molecular complexity index is 994. The summed E-state index contributed by atoms with van der Waals surface area (Å²) in [5.74, 6) is -0.260. The maximum Gasteiger partial charge on any atom is 0.123 e. The van der Waals surface area contributed by atoms with Crippen LogP contribution in [0.15, 0.2) is 58.1 Å². The Kier molecular flexibility index (Phi) is 7.12. The van der Waals surface area contributed by atoms with Crippen LogP contribution in [0.4, 0.5) is 4.39 Å². The van der Waals surface area contributed by atoms with Crippen molar-refractivity contribution in [3.05, 3.63) is 70.5 Å². The molecular weight excluding hydrogens is 389 g/mol. The maximum absolute atomic E-state index is 13.9. The predicted molar refractivity (Wildman–Crippen MR) is 117 cm³/mol. The van der Waals surface area contributed by atoms with E-state index in [2.05, 4.69) is 11.2 Å². The summed E-state index contributed by atoms with van der Waals surface area (Å²) >= 11 is 0. The van der Waals surface area contributed by atoms with Crippen LogP contribution >= 0.6 is 0 Å². The number of hydrogen-bond acceptors (Lipinski definition) is 4. The zero-order valence-electron chi connectivity index (χ0n) is 16.8. The van der Waals surface area contributed by atoms with Crippen molar-refractivity contribution in [2.45, 2.75) is 18.2 Å². The molecule has 1 aliphatic rings. The highest BCUT2D eigenvalue weighted by Crippen LogP contribution is 2.43. The van der Waals surface area contributed by atoms with Gasteiger partial charge < -0.3 is 9.57 Å². The van der Waals surface area contributed by atoms with Gasteiger partial charge in [-0.05, 0) is 70.7 Å². The second kappa shape index (κ2) is 9.76. The van der Waals surface area contributed by atoms with Crippen LogP contribution in [0.25, 0.3) is 17.2 Å². The molecule has 0 amide bonds. The highest BCUT2D eigenvalue weighted by molar-refractivity contribution is 7.84. The summed E-state index contributed by atoms with van der Waals surface area (Å²) in [6, 6.07) is 12.5. The summed E-state index contributed by atoms with van der Waals surface area (Å²) in [6.07, 6.45) is 5.92. The van der Waals surface area contributed by atoms with Crippen molar-refractivity contribution in [2.24, 2.45) is 5.16 Å². The van der Waals surface area contributed by atoms with Crippen molar-refractivity contribution >= 4 is 34.2 Å². The topological polar surface area (TPSA) is 47.9 Å². The molecule has 0 saturated carbocycles. The number of methoxy groups -OCH3 is 1. The average molecular weight is 414 g/mol. The van der Waals surface area contributed by atoms with E-state index in [1.165, 1.54) is 6.07 Å². The van der Waals surface area contributed by atoms with Gasteiger partial charge in [0.1, 0.15) is 12.4 Å². The van der Waals surface area contributed by atoms with Crippen molar-refractivity contribution in [3.8, 4) is 0 Å². The van der Waals surface area contributed by atoms with Crippen LogP contribution in [-0.2, 0) is 20.4 Å². The number of ether oxygens (including phenoxy) is 1. The van der Waals surface area contributed by atoms with E-state index in [9.17, 15) is 8.60 Å². The Morgan fingerprint density at radius 2 is 1.90 bits per heavy atom. The first-order valence-electron chi connectivity index (χ1n) is 9.29. The van der Waals surface area contributed by atoms with E-state index in [4.69, 9.17) is 9.57 Å². The Balaban J connectivity index is 1.88. The summed E-state index contributed by atoms with van der Waals surface area (Å²) in [4.78, 5) is 6.09. The van der Waals surface area contributed by atoms with Gasteiger partial charge in [0.15, 0.2) is 0 Å². The number of halogens is 1. The average Bonchev–Trinajstić information content (AvgIpc) is 2.96. The second-order valence-corrected chi connectivity index (χ2v) is 8.08. The molecule has 0 spiro atoms. The van der Waals surface area contributed by atoms with Crippen LogP contribution < -0.4 is 0 Å². The highest BCUT2D eigenvalue weighted by Gasteiger charge is 2.24. The lowest BCUT2D eigenvalue weighted by atomic mass is 10.0. The summed E-state index contributed by atoms with van der Waals surface area (Å²) in [7, 11) is 0.586. The quantitative estimate of drug-likeness (QED) is 0.350. The number of nitrogens with zero attached hydrogens (tertiary/aromatic N) is 1. The Morgan fingerprint density at radius 3 is 2.59 bits per heavy atom. The van der Waals surface area contributed by atoms with Gasteiger partial charge in [0.05, 0.1) is 12.8 Å². The molecule has 0 saturated heterocycles. The van der Waals surface area contributed by atoms with Crippen molar-refractivity contribution in [2.75, 3.05) is 26.6 Å². The molecule has 0 aliphatic heterocycles. The lowest BCUT2D eigenvalue weighted by molar-refractivity contribution is 0.148. The van der Waals surface area contributed by atoms with Crippen molar-refractivity contribution < 1.29 is 18.2 Å². The Hall–Kier alpha value is -2.57. The van der Waals surface area contributed by atoms with E-state index in [0.717, 1.165) is 38.3 Å². The van der Waals surface area contributed by atoms with E-state index < -0.39 is 10.8 Å². The Morgan fingerprint density at radius 1 is 1.14 bits per heavy atom. The zero-order chi connectivity index (χ0) is 20.8. The van der Waals surface area contributed by atoms with Gasteiger partial charge in [0.2, 0.25) is 0 Å². The molecule has 2 aromatic carbocycles. The molecule has 29 heavy (non-hydrogen) atoms. The fourth-order valence-electron chi connectivity index (χ4n) is 3.36. The lowest BCUT2D eigenvalue weighted by Gasteiger charge is -2.06. The first-order valence-corrected chi connectivity index (χ1v) is 10.9. The van der Waals surface area contributed by atoms with Gasteiger partial charge in [-0.1, -0.05) is 23.4 Å². The molecule has 1 atom stereocenters. The van der Waals surface area contributed by atoms with E-state index in [1.54, 1.807) is 25.6 Å². The largest absolute Gasteiger partial charge is 0.396 e. The molecule has 0 bridgehead atoms. The lowest BCUT2D eigenvalue weighted by Crippen LogP contribution is -1.95. The third kappa shape index (κ3) is 5.08. The van der Waals surface area contributed by atoms with E-state index in [0.29, 0.717) is 19.6 Å². The standard InChI is InChI=1S/C23H24FNO3S/c1-16-20(10-12-28-25-11-13-27-2)23-15-18(24)6-9-21(23)22(16)14-17-4-7-19(8-5-17)29(3)26/h4-9,11,14-15H,10,12-13H2,1-3H3/b22-14-,25-11?. The fraction of sp³-hybridized carbons (Fsp3) is 0.261. The van der Waals surface area contributed by atoms with E-state index >= 15 is 0 Å². The van der Waals surface area contributed by atoms with Gasteiger partial charge in [-0.3, -0.25) is 4.21 Å². The molecule has 2 aromatic rings. The van der Waals surface area contributed by atoms with Gasteiger partial charge in [-0.15, -0.1) is 0 Å². The molecule has 4 nitrogen and oxygen atoms in total. The molecule has 1 aliphatic carbocycles. The van der Waals surface area contributed by atoms with Crippen molar-refractivity contribution in [1.82, 2.24) is 0 Å². The van der Waals surface area contributed by atoms with Gasteiger partial charge in [0, 0.05) is 35.5 Å². The number of fused-ring (bicyclic) bond motifs is 1. The van der Waals surface area contributed by atoms with Gasteiger partial charge >= 0.3 is 0 Å². The molecule has 1 unspecified atom stereocenters. The van der Waals surface area contributed by atoms with Crippen LogP contribution in [0, 0.1) is 5.82 Å². The first-order chi connectivity index (χ1) is 14.0. The van der Waals surface area contributed by atoms with E-state index in [-0.39, 0.29) is 5.82 Å². The van der Waals surface area contributed by atoms with Crippen molar-refractivity contribution in [1.29, 1.82) is 0 Å². The number of hydrogen-bond donors (Lipinski definition) is 0. The molecule has 3 rings (SSSR count). The normalized spacial score (nSPS) is 15.9. The van der Waals surface area contributed by atoms with Crippen molar-refractivity contribution in [3.63, 3.8) is 0 Å². The monoisotopic (exact) mass is 413 g/mol. The zero-order valence-corrected chi connectivity index (χ0v) is 17.6. The summed E-state index contributed by atoms with van der Waals surface area (Å²) in [5.41, 5.74) is 6.11. The van der Waals surface area contributed by atoms with E-state index in [1.807, 2.05) is 37.3 Å². The minimum Gasteiger partial charge on any atom is -0.396 e. The molecular formula is C23H24FNO3S. The number of benzene rings is 2. The summed E-state index contributed by atoms with van der Waals surface area (Å²) < 4.78 is 30.4. The van der Waals surface area contributed by atoms with Crippen LogP contribution in [0.1, 0.15) is 30.0 Å². The third-order valence-corrected chi connectivity index (χ3v) is 5.75. The SMILES string of the molecule is COCC=NOCCC1=C(C)/C(=C/c2ccc(S(C)=O)cc2)c2ccc(F)cc21. The second-order valence-electron chi connectivity index (χ2n) is 6.70. The molecule has 0 N–H and O–H groups in total. The molecule has 0 fully saturated rings. The molecule has 0 aromatic heterocycles. The predicted octanol–water partition coefficient (Wildman–Crippen LogP) is 4.93. The van der Waals surface area contributed by atoms with Crippen LogP contribution in [-0.4, -0.2) is 37.0 Å². The maximum atomic E-state index is 13.9. The first kappa shape index (κ1) is 21.1. The van der Waals surface area contributed by atoms with Crippen LogP contribution in [0.2, 0.25) is 0 Å². The Labute approximate surface area is 173 Å². The molecule has 6 heteroatoms. The highest BCUT2D eigenvalue weighted by atomic mass is 32.2. The van der Waals surface area contributed by atoms with Gasteiger partial charge in [-0.25, -0.2) is 4.39 Å². The number of rotatable bonds is 8. The molecule has 152 valence electrons. The van der Waals surface area contributed by atoms with Crippen LogP contribution in [0.5, 0.6) is 0 Å². The van der Waals surface area contributed by atoms with Gasteiger partial charge in [0.25, 0.3) is 0 Å². The minimum atomic E-state index is -1.00. The molecule has 0 radical (unpaired) electrons.